The molecule has 4 heteroatoms. The van der Waals surface area contributed by atoms with Crippen LogP contribution in [0.2, 0.25) is 0 Å². The highest BCUT2D eigenvalue weighted by molar-refractivity contribution is 5.85. The molecular formula is C9H20Cl2N2. The van der Waals surface area contributed by atoms with Crippen molar-refractivity contribution in [1.29, 1.82) is 0 Å². The first-order valence-electron chi connectivity index (χ1n) is 4.71. The van der Waals surface area contributed by atoms with Gasteiger partial charge in [0.1, 0.15) is 0 Å². The molecule has 2 bridgehead atoms. The lowest BCUT2D eigenvalue weighted by Crippen LogP contribution is -2.50. The van der Waals surface area contributed by atoms with Gasteiger partial charge in [-0.1, -0.05) is 12.8 Å². The number of hydrogen-bond acceptors (Lipinski definition) is 2. The average Bonchev–Trinajstić information content (AvgIpc) is 2.31. The molecule has 0 aromatic carbocycles. The van der Waals surface area contributed by atoms with E-state index in [4.69, 9.17) is 11.5 Å². The molecule has 0 amide bonds. The third-order valence-electron chi connectivity index (χ3n) is 3.45. The molecule has 4 N–H and O–H groups in total. The van der Waals surface area contributed by atoms with Crippen molar-refractivity contribution in [3.63, 3.8) is 0 Å². The van der Waals surface area contributed by atoms with Gasteiger partial charge in [-0.3, -0.25) is 0 Å². The van der Waals surface area contributed by atoms with Crippen LogP contribution in [-0.2, 0) is 0 Å². The number of fused-ring (bicyclic) bond motifs is 2. The van der Waals surface area contributed by atoms with Gasteiger partial charge in [-0.15, -0.1) is 24.8 Å². The van der Waals surface area contributed by atoms with Crippen LogP contribution in [0.3, 0.4) is 0 Å². The summed E-state index contributed by atoms with van der Waals surface area (Å²) in [4.78, 5) is 0. The van der Waals surface area contributed by atoms with Gasteiger partial charge in [0.15, 0.2) is 0 Å². The largest absolute Gasteiger partial charge is 0.329 e. The van der Waals surface area contributed by atoms with Crippen molar-refractivity contribution >= 4 is 24.8 Å². The fraction of sp³-hybridized carbons (Fsp3) is 1.00. The second kappa shape index (κ2) is 4.83. The van der Waals surface area contributed by atoms with Gasteiger partial charge >= 0.3 is 0 Å². The Labute approximate surface area is 92.6 Å². The van der Waals surface area contributed by atoms with Gasteiger partial charge in [-0.2, -0.15) is 0 Å². The topological polar surface area (TPSA) is 52.0 Å². The highest BCUT2D eigenvalue weighted by Gasteiger charge is 2.40. The zero-order valence-electron chi connectivity index (χ0n) is 7.87. The van der Waals surface area contributed by atoms with E-state index in [2.05, 4.69) is 0 Å². The SMILES string of the molecule is Cl.Cl.NCC1(N)CC2CCC(C2)C1. The molecule has 2 unspecified atom stereocenters. The zero-order valence-corrected chi connectivity index (χ0v) is 9.50. The van der Waals surface area contributed by atoms with Crippen LogP contribution in [-0.4, -0.2) is 12.1 Å². The van der Waals surface area contributed by atoms with Crippen LogP contribution in [0.15, 0.2) is 0 Å². The number of nitrogens with two attached hydrogens (primary N) is 2. The molecular weight excluding hydrogens is 207 g/mol. The Morgan fingerprint density at radius 2 is 1.54 bits per heavy atom. The molecule has 0 spiro atoms. The van der Waals surface area contributed by atoms with Crippen LogP contribution in [0, 0.1) is 11.8 Å². The molecule has 0 aliphatic heterocycles. The highest BCUT2D eigenvalue weighted by atomic mass is 35.5. The normalized spacial score (nSPS) is 42.0. The Hall–Kier alpha value is 0.500. The smallest absolute Gasteiger partial charge is 0.0283 e. The minimum atomic E-state index is 0. The molecule has 0 aromatic heterocycles. The van der Waals surface area contributed by atoms with Crippen LogP contribution in [0.25, 0.3) is 0 Å². The summed E-state index contributed by atoms with van der Waals surface area (Å²) in [6, 6.07) is 0. The van der Waals surface area contributed by atoms with E-state index in [1.165, 1.54) is 32.1 Å². The highest BCUT2D eigenvalue weighted by Crippen LogP contribution is 2.44. The first-order valence-corrected chi connectivity index (χ1v) is 4.71. The molecule has 2 fully saturated rings. The van der Waals surface area contributed by atoms with Gasteiger partial charge in [-0.25, -0.2) is 0 Å². The van der Waals surface area contributed by atoms with Crippen LogP contribution in [0.5, 0.6) is 0 Å². The third-order valence-corrected chi connectivity index (χ3v) is 3.45. The third kappa shape index (κ3) is 2.72. The maximum atomic E-state index is 6.15. The summed E-state index contributed by atoms with van der Waals surface area (Å²) >= 11 is 0. The Bertz CT molecular complexity index is 152. The van der Waals surface area contributed by atoms with Gasteiger partial charge in [0.25, 0.3) is 0 Å². The maximum absolute atomic E-state index is 6.15. The summed E-state index contributed by atoms with van der Waals surface area (Å²) in [5, 5.41) is 0. The molecule has 2 aliphatic rings. The van der Waals surface area contributed by atoms with E-state index in [1.54, 1.807) is 0 Å². The summed E-state index contributed by atoms with van der Waals surface area (Å²) in [6.07, 6.45) is 6.60. The lowest BCUT2D eigenvalue weighted by Gasteiger charge is -2.36. The molecule has 2 atom stereocenters. The van der Waals surface area contributed by atoms with Gasteiger partial charge in [0, 0.05) is 12.1 Å². The molecule has 13 heavy (non-hydrogen) atoms. The predicted molar refractivity (Wildman–Crippen MR) is 60.5 cm³/mol. The fourth-order valence-electron chi connectivity index (χ4n) is 2.95. The van der Waals surface area contributed by atoms with Crippen molar-refractivity contribution in [2.45, 2.75) is 37.6 Å². The molecule has 0 radical (unpaired) electrons. The second-order valence-corrected chi connectivity index (χ2v) is 4.52. The van der Waals surface area contributed by atoms with E-state index in [0.717, 1.165) is 11.8 Å². The minimum Gasteiger partial charge on any atom is -0.329 e. The minimum absolute atomic E-state index is 0. The first kappa shape index (κ1) is 13.5. The van der Waals surface area contributed by atoms with Crippen molar-refractivity contribution in [3.8, 4) is 0 Å². The molecule has 2 nitrogen and oxygen atoms in total. The summed E-state index contributed by atoms with van der Waals surface area (Å²) in [5.41, 5.74) is 11.8. The fourth-order valence-corrected chi connectivity index (χ4v) is 2.95. The van der Waals surface area contributed by atoms with Crippen molar-refractivity contribution in [2.24, 2.45) is 23.3 Å². The maximum Gasteiger partial charge on any atom is 0.0283 e. The Morgan fingerprint density at radius 1 is 1.08 bits per heavy atom. The molecule has 0 saturated heterocycles. The number of hydrogen-bond donors (Lipinski definition) is 2. The monoisotopic (exact) mass is 226 g/mol. The van der Waals surface area contributed by atoms with Crippen molar-refractivity contribution in [1.82, 2.24) is 0 Å². The Morgan fingerprint density at radius 3 is 1.92 bits per heavy atom. The van der Waals surface area contributed by atoms with Crippen LogP contribution in [0.1, 0.15) is 32.1 Å². The Balaban J connectivity index is 0.000000720. The molecule has 2 aliphatic carbocycles. The quantitative estimate of drug-likeness (QED) is 0.716. The van der Waals surface area contributed by atoms with E-state index in [9.17, 15) is 0 Å². The predicted octanol–water partition coefficient (Wildman–Crippen LogP) is 1.70. The average molecular weight is 227 g/mol. The van der Waals surface area contributed by atoms with Crippen molar-refractivity contribution in [2.75, 3.05) is 6.54 Å². The zero-order chi connectivity index (χ0) is 7.90. The number of halogens is 2. The standard InChI is InChI=1S/C9H18N2.2ClH/c10-6-9(11)4-7-1-2-8(3-7)5-9;;/h7-8H,1-6,10-11H2;2*1H. The van der Waals surface area contributed by atoms with Crippen LogP contribution in [0.4, 0.5) is 0 Å². The van der Waals surface area contributed by atoms with Gasteiger partial charge < -0.3 is 11.5 Å². The van der Waals surface area contributed by atoms with E-state index in [-0.39, 0.29) is 30.4 Å². The van der Waals surface area contributed by atoms with E-state index >= 15 is 0 Å². The van der Waals surface area contributed by atoms with Crippen molar-refractivity contribution in [3.05, 3.63) is 0 Å². The molecule has 0 aromatic rings. The van der Waals surface area contributed by atoms with Gasteiger partial charge in [0.05, 0.1) is 0 Å². The van der Waals surface area contributed by atoms with Gasteiger partial charge in [-0.05, 0) is 31.1 Å². The van der Waals surface area contributed by atoms with Crippen LogP contribution < -0.4 is 11.5 Å². The number of rotatable bonds is 1. The molecule has 0 heterocycles. The van der Waals surface area contributed by atoms with Crippen LogP contribution >= 0.6 is 24.8 Å². The lowest BCUT2D eigenvalue weighted by molar-refractivity contribution is 0.224. The lowest BCUT2D eigenvalue weighted by atomic mass is 9.76. The molecule has 2 saturated carbocycles. The second-order valence-electron chi connectivity index (χ2n) is 4.52. The van der Waals surface area contributed by atoms with Gasteiger partial charge in [0.2, 0.25) is 0 Å². The molecule has 80 valence electrons. The van der Waals surface area contributed by atoms with E-state index in [1.807, 2.05) is 0 Å². The summed E-state index contributed by atoms with van der Waals surface area (Å²) in [5.74, 6) is 1.81. The summed E-state index contributed by atoms with van der Waals surface area (Å²) in [6.45, 7) is 0.681. The van der Waals surface area contributed by atoms with E-state index in [0.29, 0.717) is 6.54 Å². The molecule has 2 rings (SSSR count). The van der Waals surface area contributed by atoms with Crippen molar-refractivity contribution < 1.29 is 0 Å². The van der Waals surface area contributed by atoms with E-state index < -0.39 is 0 Å². The summed E-state index contributed by atoms with van der Waals surface area (Å²) in [7, 11) is 0. The first-order chi connectivity index (χ1) is 5.22. The Kier molecular flexibility index (Phi) is 5.02. The summed E-state index contributed by atoms with van der Waals surface area (Å²) < 4.78 is 0.